The van der Waals surface area contributed by atoms with E-state index in [0.29, 0.717) is 13.2 Å². The highest BCUT2D eigenvalue weighted by Gasteiger charge is 2.67. The van der Waals surface area contributed by atoms with Gasteiger partial charge in [-0.15, -0.1) is 0 Å². The number of rotatable bonds is 6. The maximum absolute atomic E-state index is 13.2. The van der Waals surface area contributed by atoms with Crippen molar-refractivity contribution in [3.05, 3.63) is 42.0 Å². The lowest BCUT2D eigenvalue weighted by molar-refractivity contribution is -0.152. The van der Waals surface area contributed by atoms with Crippen molar-refractivity contribution in [1.29, 1.82) is 0 Å². The SMILES string of the molecule is CCCCCOC(=O)[C@H]1[C@H]2C=C[C@]3(CN(c4ccccc4C)C(=O)[C@@H]13)O2. The molecular weight excluding hydrogens is 330 g/mol. The molecule has 2 fully saturated rings. The van der Waals surface area contributed by atoms with Gasteiger partial charge in [0.05, 0.1) is 25.2 Å². The summed E-state index contributed by atoms with van der Waals surface area (Å²) in [6.07, 6.45) is 6.51. The summed E-state index contributed by atoms with van der Waals surface area (Å²) in [5.41, 5.74) is 1.23. The molecule has 1 aromatic rings. The van der Waals surface area contributed by atoms with Crippen LogP contribution in [0.3, 0.4) is 0 Å². The third-order valence-corrected chi connectivity index (χ3v) is 5.77. The first-order valence-electron chi connectivity index (χ1n) is 9.48. The molecule has 5 nitrogen and oxygen atoms in total. The van der Waals surface area contributed by atoms with Crippen LogP contribution in [0.25, 0.3) is 0 Å². The van der Waals surface area contributed by atoms with Gasteiger partial charge in [-0.05, 0) is 25.0 Å². The first-order valence-corrected chi connectivity index (χ1v) is 9.48. The number of carbonyl (C=O) groups excluding carboxylic acids is 2. The number of aryl methyl sites for hydroxylation is 1. The molecule has 1 aromatic carbocycles. The van der Waals surface area contributed by atoms with E-state index in [9.17, 15) is 9.59 Å². The smallest absolute Gasteiger partial charge is 0.312 e. The van der Waals surface area contributed by atoms with Crippen LogP contribution in [0.2, 0.25) is 0 Å². The maximum Gasteiger partial charge on any atom is 0.312 e. The Morgan fingerprint density at radius 1 is 1.35 bits per heavy atom. The number of hydrogen-bond acceptors (Lipinski definition) is 4. The zero-order valence-corrected chi connectivity index (χ0v) is 15.3. The van der Waals surface area contributed by atoms with Crippen molar-refractivity contribution in [3.63, 3.8) is 0 Å². The Balaban J connectivity index is 1.56. The standard InChI is InChI=1S/C21H25NO4/c1-3-4-7-12-25-20(24)17-16-10-11-21(26-16)13-22(19(23)18(17)21)15-9-6-5-8-14(15)2/h5-6,8-11,16-18H,3-4,7,12-13H2,1-2H3/t16-,17+,18-,21-/m1/s1. The molecule has 3 aliphatic heterocycles. The molecule has 0 saturated carbocycles. The number of anilines is 1. The zero-order valence-electron chi connectivity index (χ0n) is 15.3. The fourth-order valence-corrected chi connectivity index (χ4v) is 4.46. The molecule has 0 radical (unpaired) electrons. The second-order valence-electron chi connectivity index (χ2n) is 7.49. The molecule has 0 aromatic heterocycles. The number of hydrogen-bond donors (Lipinski definition) is 0. The van der Waals surface area contributed by atoms with Gasteiger partial charge in [-0.3, -0.25) is 9.59 Å². The molecule has 1 amide bonds. The van der Waals surface area contributed by atoms with Gasteiger partial charge in [0.25, 0.3) is 0 Å². The molecule has 4 atom stereocenters. The van der Waals surface area contributed by atoms with Crippen molar-refractivity contribution >= 4 is 17.6 Å². The summed E-state index contributed by atoms with van der Waals surface area (Å²) < 4.78 is 11.6. The number of carbonyl (C=O) groups is 2. The minimum absolute atomic E-state index is 0.0401. The number of ether oxygens (including phenoxy) is 2. The number of fused-ring (bicyclic) bond motifs is 1. The second kappa shape index (κ2) is 6.54. The van der Waals surface area contributed by atoms with Crippen LogP contribution in [-0.2, 0) is 19.1 Å². The average molecular weight is 355 g/mol. The first-order chi connectivity index (χ1) is 12.6. The summed E-state index contributed by atoms with van der Waals surface area (Å²) >= 11 is 0. The Labute approximate surface area is 154 Å². The number of para-hydroxylation sites is 1. The second-order valence-corrected chi connectivity index (χ2v) is 7.49. The Morgan fingerprint density at radius 3 is 2.92 bits per heavy atom. The van der Waals surface area contributed by atoms with Crippen LogP contribution in [0.4, 0.5) is 5.69 Å². The summed E-state index contributed by atoms with van der Waals surface area (Å²) in [4.78, 5) is 27.7. The van der Waals surface area contributed by atoms with Crippen molar-refractivity contribution in [3.8, 4) is 0 Å². The average Bonchev–Trinajstić information content (AvgIpc) is 3.27. The van der Waals surface area contributed by atoms with Crippen molar-refractivity contribution in [1.82, 2.24) is 0 Å². The van der Waals surface area contributed by atoms with Gasteiger partial charge in [-0.2, -0.15) is 0 Å². The molecule has 4 rings (SSSR count). The van der Waals surface area contributed by atoms with Gasteiger partial charge in [0.1, 0.15) is 11.5 Å². The number of amides is 1. The topological polar surface area (TPSA) is 55.8 Å². The summed E-state index contributed by atoms with van der Waals surface area (Å²) in [7, 11) is 0. The highest BCUT2D eigenvalue weighted by atomic mass is 16.6. The molecular formula is C21H25NO4. The lowest BCUT2D eigenvalue weighted by atomic mass is 9.77. The van der Waals surface area contributed by atoms with Gasteiger partial charge < -0.3 is 14.4 Å². The molecule has 0 N–H and O–H groups in total. The predicted octanol–water partition coefficient (Wildman–Crippen LogP) is 3.01. The normalized spacial score (nSPS) is 31.5. The van der Waals surface area contributed by atoms with Crippen LogP contribution < -0.4 is 4.90 Å². The minimum atomic E-state index is -0.697. The van der Waals surface area contributed by atoms with E-state index in [1.54, 1.807) is 4.90 Å². The molecule has 138 valence electrons. The quantitative estimate of drug-likeness (QED) is 0.447. The minimum Gasteiger partial charge on any atom is -0.465 e. The Kier molecular flexibility index (Phi) is 4.35. The van der Waals surface area contributed by atoms with Crippen molar-refractivity contribution < 1.29 is 19.1 Å². The van der Waals surface area contributed by atoms with Crippen LogP contribution >= 0.6 is 0 Å². The van der Waals surface area contributed by atoms with E-state index < -0.39 is 17.4 Å². The number of esters is 1. The lowest BCUT2D eigenvalue weighted by Crippen LogP contribution is -2.40. The Hall–Kier alpha value is -2.14. The molecule has 0 aliphatic carbocycles. The Morgan fingerprint density at radius 2 is 2.15 bits per heavy atom. The molecule has 0 unspecified atom stereocenters. The van der Waals surface area contributed by atoms with Crippen LogP contribution in [0.15, 0.2) is 36.4 Å². The molecule has 3 heterocycles. The Bertz CT molecular complexity index is 758. The number of unbranched alkanes of at least 4 members (excludes halogenated alkanes) is 2. The van der Waals surface area contributed by atoms with E-state index >= 15 is 0 Å². The zero-order chi connectivity index (χ0) is 18.3. The predicted molar refractivity (Wildman–Crippen MR) is 97.7 cm³/mol. The van der Waals surface area contributed by atoms with E-state index in [1.165, 1.54) is 0 Å². The van der Waals surface area contributed by atoms with Gasteiger partial charge in [0, 0.05) is 5.69 Å². The highest BCUT2D eigenvalue weighted by Crippen LogP contribution is 2.53. The van der Waals surface area contributed by atoms with Crippen LogP contribution in [0.5, 0.6) is 0 Å². The number of nitrogens with zero attached hydrogens (tertiary/aromatic N) is 1. The monoisotopic (exact) mass is 355 g/mol. The van der Waals surface area contributed by atoms with Crippen LogP contribution in [0.1, 0.15) is 31.7 Å². The number of benzene rings is 1. The van der Waals surface area contributed by atoms with E-state index in [1.807, 2.05) is 43.3 Å². The van der Waals surface area contributed by atoms with Gasteiger partial charge in [-0.25, -0.2) is 0 Å². The van der Waals surface area contributed by atoms with Crippen LogP contribution in [0, 0.1) is 18.8 Å². The van der Waals surface area contributed by atoms with E-state index in [0.717, 1.165) is 30.5 Å². The van der Waals surface area contributed by atoms with Gasteiger partial charge in [0.2, 0.25) is 5.91 Å². The summed E-state index contributed by atoms with van der Waals surface area (Å²) in [5.74, 6) is -1.37. The molecule has 2 bridgehead atoms. The maximum atomic E-state index is 13.2. The summed E-state index contributed by atoms with van der Waals surface area (Å²) in [6, 6.07) is 7.81. The molecule has 2 saturated heterocycles. The fraction of sp³-hybridized carbons (Fsp3) is 0.524. The highest BCUT2D eigenvalue weighted by molar-refractivity contribution is 6.03. The van der Waals surface area contributed by atoms with E-state index in [2.05, 4.69) is 6.92 Å². The van der Waals surface area contributed by atoms with Crippen molar-refractivity contribution in [2.75, 3.05) is 18.1 Å². The molecule has 3 aliphatic rings. The van der Waals surface area contributed by atoms with Crippen molar-refractivity contribution in [2.45, 2.75) is 44.8 Å². The molecule has 5 heteroatoms. The first kappa shape index (κ1) is 17.3. The van der Waals surface area contributed by atoms with E-state index in [-0.39, 0.29) is 18.0 Å². The fourth-order valence-electron chi connectivity index (χ4n) is 4.46. The van der Waals surface area contributed by atoms with Gasteiger partial charge in [0.15, 0.2) is 0 Å². The van der Waals surface area contributed by atoms with E-state index in [4.69, 9.17) is 9.47 Å². The van der Waals surface area contributed by atoms with Gasteiger partial charge in [-0.1, -0.05) is 50.1 Å². The third-order valence-electron chi connectivity index (χ3n) is 5.77. The molecule has 1 spiro atoms. The molecule has 26 heavy (non-hydrogen) atoms. The van der Waals surface area contributed by atoms with Gasteiger partial charge >= 0.3 is 5.97 Å². The summed E-state index contributed by atoms with van der Waals surface area (Å²) in [6.45, 7) is 4.96. The largest absolute Gasteiger partial charge is 0.465 e. The lowest BCUT2D eigenvalue weighted by Gasteiger charge is -2.23. The third kappa shape index (κ3) is 2.57. The van der Waals surface area contributed by atoms with Crippen LogP contribution in [-0.4, -0.2) is 36.7 Å². The van der Waals surface area contributed by atoms with Crippen molar-refractivity contribution in [2.24, 2.45) is 11.8 Å². The summed E-state index contributed by atoms with van der Waals surface area (Å²) in [5, 5.41) is 0.